The molecule has 37 heavy (non-hydrogen) atoms. The van der Waals surface area contributed by atoms with Crippen LogP contribution >= 0.6 is 0 Å². The van der Waals surface area contributed by atoms with Crippen LogP contribution in [0.5, 0.6) is 0 Å². The van der Waals surface area contributed by atoms with Gasteiger partial charge in [0.05, 0.1) is 0 Å². The van der Waals surface area contributed by atoms with Crippen molar-refractivity contribution in [3.8, 4) is 0 Å². The number of carbonyl (C=O) groups excluding carboxylic acids is 8. The summed E-state index contributed by atoms with van der Waals surface area (Å²) in [6.07, 6.45) is 0. The van der Waals surface area contributed by atoms with E-state index >= 15 is 0 Å². The first-order valence-electron chi connectivity index (χ1n) is 10.4. The number of carbonyl (C=O) groups is 8. The van der Waals surface area contributed by atoms with Crippen LogP contribution in [0.1, 0.15) is 13.8 Å². The maximum Gasteiger partial charge on any atom is 0.344 e. The van der Waals surface area contributed by atoms with Crippen molar-refractivity contribution in [3.05, 3.63) is 0 Å². The Kier molecular flexibility index (Phi) is 17.7. The molecule has 208 valence electrons. The van der Waals surface area contributed by atoms with Gasteiger partial charge < -0.3 is 43.2 Å². The third kappa shape index (κ3) is 22.0. The molecule has 1 N–H and O–H groups in total. The van der Waals surface area contributed by atoms with Gasteiger partial charge in [-0.2, -0.15) is 0 Å². The van der Waals surface area contributed by atoms with Crippen molar-refractivity contribution >= 4 is 47.8 Å². The van der Waals surface area contributed by atoms with E-state index in [0.717, 1.165) is 6.92 Å². The molecule has 0 aromatic heterocycles. The van der Waals surface area contributed by atoms with Gasteiger partial charge in [-0.15, -0.1) is 0 Å². The SMILES string of the molecule is CC(=O)OCCNCCOC(=O)COC(=O)COC(=O)COC(=O)COC(=O)COC(=O)COC(C)=O. The van der Waals surface area contributed by atoms with E-state index in [1.54, 1.807) is 0 Å². The number of esters is 8. The number of hydrogen-bond acceptors (Lipinski definition) is 17. The van der Waals surface area contributed by atoms with E-state index in [9.17, 15) is 38.4 Å². The molecule has 0 aromatic carbocycles. The predicted molar refractivity (Wildman–Crippen MR) is 112 cm³/mol. The minimum Gasteiger partial charge on any atom is -0.465 e. The first-order valence-corrected chi connectivity index (χ1v) is 10.4. The molecule has 0 aliphatic rings. The Morgan fingerprint density at radius 2 is 0.676 bits per heavy atom. The molecular weight excluding hydrogens is 510 g/mol. The number of ether oxygens (including phenoxy) is 8. The van der Waals surface area contributed by atoms with Gasteiger partial charge in [-0.25, -0.2) is 28.8 Å². The Morgan fingerprint density at radius 1 is 0.405 bits per heavy atom. The fourth-order valence-corrected chi connectivity index (χ4v) is 1.74. The molecule has 0 atom stereocenters. The third-order valence-corrected chi connectivity index (χ3v) is 3.27. The minimum atomic E-state index is -1.15. The predicted octanol–water partition coefficient (Wildman–Crippen LogP) is -3.04. The molecule has 0 saturated heterocycles. The lowest BCUT2D eigenvalue weighted by atomic mass is 10.6. The molecule has 0 radical (unpaired) electrons. The summed E-state index contributed by atoms with van der Waals surface area (Å²) in [7, 11) is 0. The zero-order valence-electron chi connectivity index (χ0n) is 20.1. The first kappa shape index (κ1) is 32.7. The highest BCUT2D eigenvalue weighted by Crippen LogP contribution is 1.91. The number of nitrogens with one attached hydrogen (secondary N) is 1. The van der Waals surface area contributed by atoms with Crippen molar-refractivity contribution in [2.24, 2.45) is 0 Å². The fourth-order valence-electron chi connectivity index (χ4n) is 1.74. The van der Waals surface area contributed by atoms with Gasteiger partial charge in [0.1, 0.15) is 13.2 Å². The van der Waals surface area contributed by atoms with E-state index in [2.05, 4.69) is 38.5 Å². The normalized spacial score (nSPS) is 9.78. The quantitative estimate of drug-likeness (QED) is 0.104. The standard InChI is InChI=1S/C20H27NO16/c1-13(22)30-5-3-21-4-6-31-15(24)8-33-17(26)10-35-19(28)12-37-20(29)11-36-18(27)9-34-16(25)7-32-14(2)23/h21H,3-12H2,1-2H3. The van der Waals surface area contributed by atoms with Crippen molar-refractivity contribution in [2.75, 3.05) is 65.9 Å². The molecule has 0 amide bonds. The molecule has 0 rings (SSSR count). The monoisotopic (exact) mass is 537 g/mol. The van der Waals surface area contributed by atoms with E-state index in [-0.39, 0.29) is 19.8 Å². The van der Waals surface area contributed by atoms with Gasteiger partial charge in [-0.3, -0.25) is 9.59 Å². The fraction of sp³-hybridized carbons (Fsp3) is 0.600. The van der Waals surface area contributed by atoms with Crippen LogP contribution in [0.15, 0.2) is 0 Å². The summed E-state index contributed by atoms with van der Waals surface area (Å²) in [5, 5.41) is 2.83. The highest BCUT2D eigenvalue weighted by molar-refractivity contribution is 5.82. The van der Waals surface area contributed by atoms with Gasteiger partial charge >= 0.3 is 47.8 Å². The topological polar surface area (TPSA) is 222 Å². The van der Waals surface area contributed by atoms with Crippen LogP contribution in [-0.2, 0) is 76.3 Å². The molecule has 0 spiro atoms. The molecule has 0 aliphatic carbocycles. The van der Waals surface area contributed by atoms with Crippen LogP contribution in [0, 0.1) is 0 Å². The summed E-state index contributed by atoms with van der Waals surface area (Å²) in [6.45, 7) is -1.94. The molecule has 0 saturated carbocycles. The number of rotatable bonds is 18. The van der Waals surface area contributed by atoms with Crippen LogP contribution in [0.3, 0.4) is 0 Å². The van der Waals surface area contributed by atoms with Gasteiger partial charge in [-0.05, 0) is 0 Å². The van der Waals surface area contributed by atoms with Crippen LogP contribution in [0.2, 0.25) is 0 Å². The molecule has 0 fully saturated rings. The lowest BCUT2D eigenvalue weighted by molar-refractivity contribution is -0.171. The van der Waals surface area contributed by atoms with Crippen LogP contribution in [-0.4, -0.2) is 114 Å². The second-order valence-electron chi connectivity index (χ2n) is 6.39. The Morgan fingerprint density at radius 3 is 1.00 bits per heavy atom. The van der Waals surface area contributed by atoms with E-state index in [1.807, 2.05) is 0 Å². The van der Waals surface area contributed by atoms with E-state index in [1.165, 1.54) is 6.92 Å². The van der Waals surface area contributed by atoms with E-state index in [4.69, 9.17) is 4.74 Å². The van der Waals surface area contributed by atoms with Crippen molar-refractivity contribution in [1.29, 1.82) is 0 Å². The molecule has 0 aromatic rings. The lowest BCUT2D eigenvalue weighted by Crippen LogP contribution is -2.27. The van der Waals surface area contributed by atoms with Gasteiger partial charge in [-0.1, -0.05) is 0 Å². The van der Waals surface area contributed by atoms with Gasteiger partial charge in [0, 0.05) is 26.9 Å². The Labute approximate surface area is 209 Å². The second kappa shape index (κ2) is 20.0. The van der Waals surface area contributed by atoms with Crippen molar-refractivity contribution in [3.63, 3.8) is 0 Å². The Hall–Kier alpha value is -4.28. The van der Waals surface area contributed by atoms with Gasteiger partial charge in [0.25, 0.3) is 0 Å². The molecule has 17 nitrogen and oxygen atoms in total. The summed E-state index contributed by atoms with van der Waals surface area (Å²) in [6, 6.07) is 0. The maximum absolute atomic E-state index is 11.5. The molecule has 0 unspecified atom stereocenters. The Bertz CT molecular complexity index is 823. The first-order chi connectivity index (χ1) is 17.5. The summed E-state index contributed by atoms with van der Waals surface area (Å²) in [4.78, 5) is 89.3. The van der Waals surface area contributed by atoms with Crippen molar-refractivity contribution in [2.45, 2.75) is 13.8 Å². The number of hydrogen-bond donors (Lipinski definition) is 1. The zero-order chi connectivity index (χ0) is 28.1. The maximum atomic E-state index is 11.5. The van der Waals surface area contributed by atoms with Crippen LogP contribution in [0.25, 0.3) is 0 Å². The lowest BCUT2D eigenvalue weighted by Gasteiger charge is -2.08. The third-order valence-electron chi connectivity index (χ3n) is 3.27. The zero-order valence-corrected chi connectivity index (χ0v) is 20.1. The Balaban J connectivity index is 3.81. The van der Waals surface area contributed by atoms with E-state index < -0.39 is 87.4 Å². The summed E-state index contributed by atoms with van der Waals surface area (Å²) in [5.74, 6) is -7.51. The molecule has 0 aliphatic heterocycles. The van der Waals surface area contributed by atoms with Gasteiger partial charge in [0.15, 0.2) is 39.6 Å². The minimum absolute atomic E-state index is 0.0344. The summed E-state index contributed by atoms with van der Waals surface area (Å²) in [5.41, 5.74) is 0. The average Bonchev–Trinajstić information content (AvgIpc) is 2.84. The van der Waals surface area contributed by atoms with Crippen molar-refractivity contribution < 1.29 is 76.3 Å². The molecular formula is C20H27NO16. The largest absolute Gasteiger partial charge is 0.465 e. The summed E-state index contributed by atoms with van der Waals surface area (Å²) >= 11 is 0. The van der Waals surface area contributed by atoms with Crippen LogP contribution in [0.4, 0.5) is 0 Å². The van der Waals surface area contributed by atoms with Crippen LogP contribution < -0.4 is 5.32 Å². The second-order valence-corrected chi connectivity index (χ2v) is 6.39. The summed E-state index contributed by atoms with van der Waals surface area (Å²) < 4.78 is 36.1. The van der Waals surface area contributed by atoms with Gasteiger partial charge in [0.2, 0.25) is 0 Å². The highest BCUT2D eigenvalue weighted by atomic mass is 16.6. The molecule has 0 bridgehead atoms. The highest BCUT2D eigenvalue weighted by Gasteiger charge is 2.16. The smallest absolute Gasteiger partial charge is 0.344 e. The average molecular weight is 537 g/mol. The van der Waals surface area contributed by atoms with E-state index in [0.29, 0.717) is 6.54 Å². The van der Waals surface area contributed by atoms with Crippen molar-refractivity contribution in [1.82, 2.24) is 5.32 Å². The molecule has 17 heteroatoms. The molecule has 0 heterocycles.